The van der Waals surface area contributed by atoms with Crippen LogP contribution in [0.2, 0.25) is 0 Å². The fraction of sp³-hybridized carbons (Fsp3) is 0.875. The van der Waals surface area contributed by atoms with Gasteiger partial charge in [0.25, 0.3) is 0 Å². The lowest BCUT2D eigenvalue weighted by Gasteiger charge is -2.49. The average molecular weight is 282 g/mol. The van der Waals surface area contributed by atoms with Crippen molar-refractivity contribution in [2.75, 3.05) is 6.54 Å². The first-order valence-electron chi connectivity index (χ1n) is 7.70. The lowest BCUT2D eigenvalue weighted by molar-refractivity contribution is -0.159. The Hall–Kier alpha value is -1.06. The summed E-state index contributed by atoms with van der Waals surface area (Å²) in [5.41, 5.74) is -1.02. The maximum Gasteiger partial charge on any atom is 0.248 e. The first-order valence-corrected chi connectivity index (χ1v) is 7.70. The van der Waals surface area contributed by atoms with E-state index in [0.717, 1.165) is 6.42 Å². The van der Waals surface area contributed by atoms with Crippen LogP contribution in [-0.2, 0) is 9.59 Å². The molecule has 0 aliphatic carbocycles. The molecule has 1 N–H and O–H groups in total. The molecule has 1 saturated heterocycles. The van der Waals surface area contributed by atoms with Gasteiger partial charge in [-0.2, -0.15) is 0 Å². The molecule has 2 amide bonds. The predicted octanol–water partition coefficient (Wildman–Crippen LogP) is 2.57. The molecule has 4 heteroatoms. The summed E-state index contributed by atoms with van der Waals surface area (Å²) in [6.45, 7) is 14.7. The SMILES string of the molecule is CCC(C)CN1C(=O)C(C)(CC)NC(=O)C1C(C)(C)C. The topological polar surface area (TPSA) is 49.4 Å². The van der Waals surface area contributed by atoms with E-state index in [4.69, 9.17) is 0 Å². The van der Waals surface area contributed by atoms with Crippen molar-refractivity contribution in [3.63, 3.8) is 0 Å². The molecule has 3 unspecified atom stereocenters. The summed E-state index contributed by atoms with van der Waals surface area (Å²) in [5, 5.41) is 2.94. The molecular formula is C16H30N2O2. The van der Waals surface area contributed by atoms with Crippen molar-refractivity contribution in [2.24, 2.45) is 11.3 Å². The molecule has 0 aromatic heterocycles. The van der Waals surface area contributed by atoms with E-state index in [0.29, 0.717) is 18.9 Å². The Labute approximate surface area is 123 Å². The molecule has 1 aliphatic heterocycles. The van der Waals surface area contributed by atoms with Crippen molar-refractivity contribution < 1.29 is 9.59 Å². The van der Waals surface area contributed by atoms with Gasteiger partial charge in [0.15, 0.2) is 0 Å². The zero-order valence-corrected chi connectivity index (χ0v) is 14.0. The molecular weight excluding hydrogens is 252 g/mol. The van der Waals surface area contributed by atoms with Gasteiger partial charge in [-0.15, -0.1) is 0 Å². The van der Waals surface area contributed by atoms with Gasteiger partial charge in [0.1, 0.15) is 11.6 Å². The smallest absolute Gasteiger partial charge is 0.248 e. The summed E-state index contributed by atoms with van der Waals surface area (Å²) in [7, 11) is 0. The van der Waals surface area contributed by atoms with E-state index in [1.807, 2.05) is 39.5 Å². The second-order valence-electron chi connectivity index (χ2n) is 7.41. The molecule has 4 nitrogen and oxygen atoms in total. The minimum atomic E-state index is -0.758. The molecule has 0 aromatic rings. The van der Waals surface area contributed by atoms with Crippen molar-refractivity contribution >= 4 is 11.8 Å². The molecule has 0 aromatic carbocycles. The molecule has 3 atom stereocenters. The average Bonchev–Trinajstić information content (AvgIpc) is 2.33. The van der Waals surface area contributed by atoms with Gasteiger partial charge < -0.3 is 10.2 Å². The third-order valence-corrected chi connectivity index (χ3v) is 4.42. The molecule has 1 fully saturated rings. The van der Waals surface area contributed by atoms with E-state index in [1.54, 1.807) is 0 Å². The Morgan fingerprint density at radius 1 is 1.30 bits per heavy atom. The number of hydrogen-bond acceptors (Lipinski definition) is 2. The second-order valence-corrected chi connectivity index (χ2v) is 7.41. The second kappa shape index (κ2) is 5.74. The van der Waals surface area contributed by atoms with E-state index in [2.05, 4.69) is 19.2 Å². The van der Waals surface area contributed by atoms with E-state index in [1.165, 1.54) is 0 Å². The number of piperazine rings is 1. The first-order chi connectivity index (χ1) is 9.06. The molecule has 0 radical (unpaired) electrons. The Balaban J connectivity index is 3.17. The van der Waals surface area contributed by atoms with Gasteiger partial charge in [-0.25, -0.2) is 0 Å². The number of nitrogens with one attached hydrogen (secondary N) is 1. The normalized spacial score (nSPS) is 29.4. The highest BCUT2D eigenvalue weighted by Crippen LogP contribution is 2.32. The first kappa shape index (κ1) is 17.0. The molecule has 1 rings (SSSR count). The fourth-order valence-corrected chi connectivity index (χ4v) is 2.72. The fourth-order valence-electron chi connectivity index (χ4n) is 2.72. The number of rotatable bonds is 4. The maximum absolute atomic E-state index is 12.8. The molecule has 116 valence electrons. The molecule has 1 heterocycles. The van der Waals surface area contributed by atoms with Gasteiger partial charge >= 0.3 is 0 Å². The highest BCUT2D eigenvalue weighted by Gasteiger charge is 2.50. The van der Waals surface area contributed by atoms with Crippen LogP contribution in [-0.4, -0.2) is 34.8 Å². The van der Waals surface area contributed by atoms with E-state index in [9.17, 15) is 9.59 Å². The quantitative estimate of drug-likeness (QED) is 0.861. The van der Waals surface area contributed by atoms with Crippen LogP contribution < -0.4 is 5.32 Å². The monoisotopic (exact) mass is 282 g/mol. The van der Waals surface area contributed by atoms with Crippen LogP contribution in [0, 0.1) is 11.3 Å². The molecule has 0 spiro atoms. The van der Waals surface area contributed by atoms with Crippen LogP contribution in [0.5, 0.6) is 0 Å². The standard InChI is InChI=1S/C16H30N2O2/c1-8-11(3)10-18-12(15(4,5)6)13(19)17-16(7,9-2)14(18)20/h11-12H,8-10H2,1-7H3,(H,17,19). The van der Waals surface area contributed by atoms with E-state index in [-0.39, 0.29) is 23.3 Å². The lowest BCUT2D eigenvalue weighted by atomic mass is 9.80. The largest absolute Gasteiger partial charge is 0.340 e. The Kier molecular flexibility index (Phi) is 4.88. The van der Waals surface area contributed by atoms with E-state index < -0.39 is 5.54 Å². The van der Waals surface area contributed by atoms with Gasteiger partial charge in [-0.1, -0.05) is 48.0 Å². The molecule has 20 heavy (non-hydrogen) atoms. The number of carbonyl (C=O) groups is 2. The summed E-state index contributed by atoms with van der Waals surface area (Å²) < 4.78 is 0. The minimum Gasteiger partial charge on any atom is -0.340 e. The predicted molar refractivity (Wildman–Crippen MR) is 81.2 cm³/mol. The number of hydrogen-bond donors (Lipinski definition) is 1. The van der Waals surface area contributed by atoms with Crippen LogP contribution in [0.1, 0.15) is 61.3 Å². The summed E-state index contributed by atoms with van der Waals surface area (Å²) in [6.07, 6.45) is 1.62. The Morgan fingerprint density at radius 3 is 2.25 bits per heavy atom. The van der Waals surface area contributed by atoms with Gasteiger partial charge in [0, 0.05) is 6.54 Å². The van der Waals surface area contributed by atoms with Crippen LogP contribution in [0.25, 0.3) is 0 Å². The van der Waals surface area contributed by atoms with Crippen molar-refractivity contribution in [2.45, 2.75) is 72.9 Å². The van der Waals surface area contributed by atoms with Crippen molar-refractivity contribution in [3.05, 3.63) is 0 Å². The van der Waals surface area contributed by atoms with Crippen LogP contribution in [0.4, 0.5) is 0 Å². The Morgan fingerprint density at radius 2 is 1.85 bits per heavy atom. The number of carbonyl (C=O) groups excluding carboxylic acids is 2. The third-order valence-electron chi connectivity index (χ3n) is 4.42. The summed E-state index contributed by atoms with van der Waals surface area (Å²) >= 11 is 0. The van der Waals surface area contributed by atoms with Gasteiger partial charge in [0.05, 0.1) is 0 Å². The number of amides is 2. The lowest BCUT2D eigenvalue weighted by Crippen LogP contribution is -2.71. The molecule has 0 saturated carbocycles. The zero-order valence-electron chi connectivity index (χ0n) is 14.0. The van der Waals surface area contributed by atoms with Crippen LogP contribution in [0.15, 0.2) is 0 Å². The van der Waals surface area contributed by atoms with Crippen LogP contribution in [0.3, 0.4) is 0 Å². The van der Waals surface area contributed by atoms with Gasteiger partial charge in [0.2, 0.25) is 11.8 Å². The maximum atomic E-state index is 12.8. The molecule has 0 bridgehead atoms. The van der Waals surface area contributed by atoms with Crippen molar-refractivity contribution in [1.82, 2.24) is 10.2 Å². The number of nitrogens with zero attached hydrogens (tertiary/aromatic N) is 1. The highest BCUT2D eigenvalue weighted by atomic mass is 16.2. The summed E-state index contributed by atoms with van der Waals surface area (Å²) in [6, 6.07) is -0.386. The van der Waals surface area contributed by atoms with E-state index >= 15 is 0 Å². The van der Waals surface area contributed by atoms with Gasteiger partial charge in [-0.3, -0.25) is 9.59 Å². The van der Waals surface area contributed by atoms with Crippen LogP contribution >= 0.6 is 0 Å². The summed E-state index contributed by atoms with van der Waals surface area (Å²) in [4.78, 5) is 27.2. The zero-order chi connectivity index (χ0) is 15.7. The van der Waals surface area contributed by atoms with Crippen molar-refractivity contribution in [1.29, 1.82) is 0 Å². The Bertz CT molecular complexity index is 386. The summed E-state index contributed by atoms with van der Waals surface area (Å²) in [5.74, 6) is 0.431. The van der Waals surface area contributed by atoms with Crippen molar-refractivity contribution in [3.8, 4) is 0 Å². The highest BCUT2D eigenvalue weighted by molar-refractivity contribution is 5.99. The van der Waals surface area contributed by atoms with Gasteiger partial charge in [-0.05, 0) is 24.7 Å². The third kappa shape index (κ3) is 3.15. The molecule has 1 aliphatic rings. The minimum absolute atomic E-state index is 0.0234.